The summed E-state index contributed by atoms with van der Waals surface area (Å²) in [6.07, 6.45) is 0. The van der Waals surface area contributed by atoms with Gasteiger partial charge in [0, 0.05) is 16.7 Å². The van der Waals surface area contributed by atoms with Gasteiger partial charge in [-0.05, 0) is 106 Å². The Hall–Kier alpha value is -5.43. The zero-order chi connectivity index (χ0) is 30.4. The Bertz CT molecular complexity index is 1470. The van der Waals surface area contributed by atoms with E-state index >= 15 is 0 Å². The van der Waals surface area contributed by atoms with Gasteiger partial charge < -0.3 is 14.2 Å². The average molecular weight is 571 g/mol. The molecule has 42 heavy (non-hydrogen) atoms. The Morgan fingerprint density at radius 3 is 0.952 bits per heavy atom. The molecule has 0 bridgehead atoms. The molecule has 3 amide bonds. The Kier molecular flexibility index (Phi) is 9.02. The lowest BCUT2D eigenvalue weighted by atomic mass is 9.88. The first kappa shape index (κ1) is 29.6. The van der Waals surface area contributed by atoms with E-state index in [1.165, 1.54) is 21.3 Å². The number of nitrogens with two attached hydrogens (primary N) is 3. The molecule has 0 fully saturated rings. The maximum absolute atomic E-state index is 12.8. The molecule has 0 unspecified atom stereocenters. The second-order valence-electron chi connectivity index (χ2n) is 8.95. The van der Waals surface area contributed by atoms with Crippen molar-refractivity contribution in [3.05, 3.63) is 89.5 Å². The minimum Gasteiger partial charge on any atom is -0.497 e. The number of rotatable bonds is 9. The Morgan fingerprint density at radius 2 is 0.738 bits per heavy atom. The summed E-state index contributed by atoms with van der Waals surface area (Å²) in [5, 5.41) is 0. The van der Waals surface area contributed by atoms with Crippen molar-refractivity contribution in [3.8, 4) is 50.6 Å². The van der Waals surface area contributed by atoms with Crippen molar-refractivity contribution >= 4 is 17.7 Å². The van der Waals surface area contributed by atoms with Gasteiger partial charge in [0.2, 0.25) is 0 Å². The normalized spacial score (nSPS) is 10.4. The van der Waals surface area contributed by atoms with Gasteiger partial charge in [-0.25, -0.2) is 17.5 Å². The molecule has 12 nitrogen and oxygen atoms in total. The molecule has 4 aromatic carbocycles. The number of nitrogens with one attached hydrogen (secondary N) is 3. The van der Waals surface area contributed by atoms with Gasteiger partial charge in [-0.15, -0.1) is 0 Å². The van der Waals surface area contributed by atoms with Crippen molar-refractivity contribution in [1.82, 2.24) is 16.3 Å². The predicted molar refractivity (Wildman–Crippen MR) is 157 cm³/mol. The van der Waals surface area contributed by atoms with Gasteiger partial charge in [-0.1, -0.05) is 0 Å². The molecule has 0 atom stereocenters. The summed E-state index contributed by atoms with van der Waals surface area (Å²) < 4.78 is 16.3. The highest BCUT2D eigenvalue weighted by molar-refractivity contribution is 6.05. The van der Waals surface area contributed by atoms with E-state index in [1.54, 1.807) is 72.8 Å². The van der Waals surface area contributed by atoms with E-state index in [9.17, 15) is 14.4 Å². The number of benzene rings is 4. The lowest BCUT2D eigenvalue weighted by Crippen LogP contribution is -2.30. The number of nitrogen functional groups attached to an aromatic ring is 3. The molecule has 4 rings (SSSR count). The number of hydrogen-bond donors (Lipinski definition) is 6. The number of methoxy groups -OCH3 is 3. The Labute approximate surface area is 241 Å². The Morgan fingerprint density at radius 1 is 0.476 bits per heavy atom. The number of ether oxygens (including phenoxy) is 3. The lowest BCUT2D eigenvalue weighted by Gasteiger charge is -2.18. The van der Waals surface area contributed by atoms with Crippen LogP contribution in [0.2, 0.25) is 0 Å². The van der Waals surface area contributed by atoms with Crippen LogP contribution < -0.4 is 48.0 Å². The van der Waals surface area contributed by atoms with Crippen LogP contribution in [0.25, 0.3) is 33.4 Å². The SMILES string of the molecule is COc1ccc(C(=O)NN)c(-c2cc(-c3cc(OC)ccc3C(=O)NN)cc(-c3cc(OC)ccc3C(=O)NN)c2)c1. The van der Waals surface area contributed by atoms with Gasteiger partial charge in [0.25, 0.3) is 17.7 Å². The van der Waals surface area contributed by atoms with E-state index in [4.69, 9.17) is 31.7 Å². The van der Waals surface area contributed by atoms with E-state index in [-0.39, 0.29) is 16.7 Å². The molecule has 0 spiro atoms. The summed E-state index contributed by atoms with van der Waals surface area (Å²) >= 11 is 0. The van der Waals surface area contributed by atoms with E-state index in [0.717, 1.165) is 0 Å². The van der Waals surface area contributed by atoms with Crippen LogP contribution in [0, 0.1) is 0 Å². The second-order valence-corrected chi connectivity index (χ2v) is 8.95. The summed E-state index contributed by atoms with van der Waals surface area (Å²) in [6.45, 7) is 0. The van der Waals surface area contributed by atoms with Gasteiger partial charge in [-0.3, -0.25) is 30.7 Å². The largest absolute Gasteiger partial charge is 0.497 e. The standard InChI is InChI=1S/C30H30N6O6/c1-40-19-4-7-22(28(37)34-31)25(13-19)16-10-17(26-14-20(41-2)5-8-23(26)29(38)35-32)12-18(11-16)27-15-21(42-3)6-9-24(27)30(39)36-33/h4-15H,31-33H2,1-3H3,(H,34,37)(H,35,38)(H,36,39). The third-order valence-corrected chi connectivity index (χ3v) is 6.67. The van der Waals surface area contributed by atoms with Crippen molar-refractivity contribution in [1.29, 1.82) is 0 Å². The molecule has 0 aliphatic heterocycles. The second kappa shape index (κ2) is 12.8. The summed E-state index contributed by atoms with van der Waals surface area (Å²) in [4.78, 5) is 38.4. The fraction of sp³-hybridized carbons (Fsp3) is 0.100. The van der Waals surface area contributed by atoms with Gasteiger partial charge in [0.15, 0.2) is 0 Å². The fourth-order valence-corrected chi connectivity index (χ4v) is 4.59. The minimum absolute atomic E-state index is 0.262. The summed E-state index contributed by atoms with van der Waals surface area (Å²) in [6, 6.07) is 20.1. The average Bonchev–Trinajstić information content (AvgIpc) is 3.05. The zero-order valence-corrected chi connectivity index (χ0v) is 23.1. The molecule has 0 saturated heterocycles. The molecule has 0 radical (unpaired) electrons. The summed E-state index contributed by atoms with van der Waals surface area (Å²) in [5.41, 5.74) is 10.3. The molecular formula is C30H30N6O6. The van der Waals surface area contributed by atoms with Crippen LogP contribution in [0.15, 0.2) is 72.8 Å². The first-order valence-corrected chi connectivity index (χ1v) is 12.5. The van der Waals surface area contributed by atoms with Crippen LogP contribution in [0.4, 0.5) is 0 Å². The fourth-order valence-electron chi connectivity index (χ4n) is 4.59. The van der Waals surface area contributed by atoms with Crippen molar-refractivity contribution in [2.24, 2.45) is 17.5 Å². The number of amides is 3. The van der Waals surface area contributed by atoms with Crippen LogP contribution in [-0.4, -0.2) is 39.1 Å². The number of hydrazine groups is 3. The van der Waals surface area contributed by atoms with Crippen LogP contribution in [0.3, 0.4) is 0 Å². The van der Waals surface area contributed by atoms with E-state index in [2.05, 4.69) is 16.3 Å². The highest BCUT2D eigenvalue weighted by atomic mass is 16.5. The predicted octanol–water partition coefficient (Wildman–Crippen LogP) is 2.52. The van der Waals surface area contributed by atoms with Crippen LogP contribution >= 0.6 is 0 Å². The number of hydrogen-bond acceptors (Lipinski definition) is 9. The first-order chi connectivity index (χ1) is 20.3. The number of carbonyl (C=O) groups excluding carboxylic acids is 3. The molecule has 9 N–H and O–H groups in total. The van der Waals surface area contributed by atoms with E-state index in [1.807, 2.05) is 0 Å². The molecular weight excluding hydrogens is 540 g/mol. The molecule has 0 aliphatic carbocycles. The van der Waals surface area contributed by atoms with Crippen molar-refractivity contribution in [2.75, 3.05) is 21.3 Å². The van der Waals surface area contributed by atoms with E-state index < -0.39 is 17.7 Å². The van der Waals surface area contributed by atoms with Crippen LogP contribution in [0.5, 0.6) is 17.2 Å². The molecule has 4 aromatic rings. The van der Waals surface area contributed by atoms with E-state index in [0.29, 0.717) is 50.6 Å². The van der Waals surface area contributed by atoms with Gasteiger partial charge in [0.05, 0.1) is 21.3 Å². The van der Waals surface area contributed by atoms with Crippen molar-refractivity contribution < 1.29 is 28.6 Å². The maximum atomic E-state index is 12.8. The highest BCUT2D eigenvalue weighted by Crippen LogP contribution is 2.39. The Balaban J connectivity index is 2.14. The summed E-state index contributed by atoms with van der Waals surface area (Å²) in [7, 11) is 4.52. The quantitative estimate of drug-likeness (QED) is 0.0996. The first-order valence-electron chi connectivity index (χ1n) is 12.5. The van der Waals surface area contributed by atoms with Gasteiger partial charge in [0.1, 0.15) is 17.2 Å². The number of carbonyl (C=O) groups is 3. The molecule has 0 saturated carbocycles. The van der Waals surface area contributed by atoms with Gasteiger partial charge >= 0.3 is 0 Å². The lowest BCUT2D eigenvalue weighted by molar-refractivity contribution is 0.0946. The van der Waals surface area contributed by atoms with Crippen LogP contribution in [-0.2, 0) is 0 Å². The summed E-state index contributed by atoms with van der Waals surface area (Å²) in [5.74, 6) is 16.3. The van der Waals surface area contributed by atoms with Crippen molar-refractivity contribution in [2.45, 2.75) is 0 Å². The van der Waals surface area contributed by atoms with Gasteiger partial charge in [-0.2, -0.15) is 0 Å². The maximum Gasteiger partial charge on any atom is 0.265 e. The minimum atomic E-state index is -0.534. The molecule has 0 heterocycles. The van der Waals surface area contributed by atoms with Crippen LogP contribution in [0.1, 0.15) is 31.1 Å². The smallest absolute Gasteiger partial charge is 0.265 e. The molecule has 0 aromatic heterocycles. The topological polar surface area (TPSA) is 193 Å². The third-order valence-electron chi connectivity index (χ3n) is 6.67. The molecule has 12 heteroatoms. The van der Waals surface area contributed by atoms with Crippen molar-refractivity contribution in [3.63, 3.8) is 0 Å². The zero-order valence-electron chi connectivity index (χ0n) is 23.1. The molecule has 216 valence electrons. The third kappa shape index (κ3) is 5.86. The monoisotopic (exact) mass is 570 g/mol. The molecule has 0 aliphatic rings. The highest BCUT2D eigenvalue weighted by Gasteiger charge is 2.21.